The second-order valence-electron chi connectivity index (χ2n) is 4.44. The minimum Gasteiger partial charge on any atom is -0.279 e. The molecule has 2 heteroatoms. The van der Waals surface area contributed by atoms with E-state index in [2.05, 4.69) is 94.7 Å². The molecule has 0 N–H and O–H groups in total. The van der Waals surface area contributed by atoms with E-state index in [9.17, 15) is 0 Å². The first kappa shape index (κ1) is 14.3. The first-order valence-electron chi connectivity index (χ1n) is 6.36. The molecule has 1 atom stereocenters. The van der Waals surface area contributed by atoms with Gasteiger partial charge in [0.2, 0.25) is 0 Å². The molecule has 0 heterocycles. The quantitative estimate of drug-likeness (QED) is 0.308. The van der Waals surface area contributed by atoms with Crippen molar-refractivity contribution in [2.45, 2.75) is 12.6 Å². The van der Waals surface area contributed by atoms with Crippen molar-refractivity contribution in [3.8, 4) is 0 Å². The van der Waals surface area contributed by atoms with Crippen LogP contribution < -0.4 is 0 Å². The highest BCUT2D eigenvalue weighted by atomic mass is 127. The molecule has 0 spiro atoms. The van der Waals surface area contributed by atoms with E-state index in [1.54, 1.807) is 0 Å². The molecule has 0 aliphatic heterocycles. The van der Waals surface area contributed by atoms with E-state index >= 15 is 0 Å². The Kier molecular flexibility index (Phi) is 5.61. The Morgan fingerprint density at radius 1 is 1.00 bits per heavy atom. The average molecular weight is 363 g/mol. The molecule has 2 rings (SSSR count). The van der Waals surface area contributed by atoms with Crippen molar-refractivity contribution >= 4 is 22.6 Å². The van der Waals surface area contributed by atoms with Crippen molar-refractivity contribution in [3.63, 3.8) is 0 Å². The molecule has 0 amide bonds. The molecule has 2 aromatic carbocycles. The van der Waals surface area contributed by atoms with E-state index in [0.29, 0.717) is 0 Å². The zero-order valence-corrected chi connectivity index (χ0v) is 13.0. The van der Waals surface area contributed by atoms with Gasteiger partial charge in [-0.05, 0) is 11.1 Å². The average Bonchev–Trinajstić information content (AvgIpc) is 2.49. The van der Waals surface area contributed by atoms with Crippen LogP contribution in [0, 0.1) is 0 Å². The second-order valence-corrected chi connectivity index (χ2v) is 5.13. The van der Waals surface area contributed by atoms with E-state index < -0.39 is 0 Å². The molecule has 1 nitrogen and oxygen atoms in total. The first-order valence-corrected chi connectivity index (χ1v) is 7.89. The highest BCUT2D eigenvalue weighted by Gasteiger charge is 2.16. The number of hydrogen-bond donors (Lipinski definition) is 0. The van der Waals surface area contributed by atoms with Gasteiger partial charge in [0.25, 0.3) is 0 Å². The molecule has 0 bridgehead atoms. The molecule has 98 valence electrons. The van der Waals surface area contributed by atoms with Crippen LogP contribution in [0.25, 0.3) is 0 Å². The number of benzene rings is 2. The van der Waals surface area contributed by atoms with E-state index in [0.717, 1.165) is 11.1 Å². The number of halogens is 1. The lowest BCUT2D eigenvalue weighted by Gasteiger charge is -2.28. The van der Waals surface area contributed by atoms with Crippen LogP contribution >= 0.6 is 22.6 Å². The molecule has 0 radical (unpaired) electrons. The predicted octanol–water partition coefficient (Wildman–Crippen LogP) is 4.81. The summed E-state index contributed by atoms with van der Waals surface area (Å²) < 4.78 is 0.970. The molecule has 0 aliphatic rings. The summed E-state index contributed by atoms with van der Waals surface area (Å²) in [7, 11) is 0. The fraction of sp³-hybridized carbons (Fsp3) is 0.176. The number of rotatable bonds is 6. The minimum atomic E-state index is 0.262. The van der Waals surface area contributed by atoms with E-state index in [1.807, 2.05) is 6.08 Å². The SMILES string of the molecule is C=C[C@@H](c1ccccc1)N(CI)Cc1ccccc1. The summed E-state index contributed by atoms with van der Waals surface area (Å²) in [5, 5.41) is 0. The van der Waals surface area contributed by atoms with Gasteiger partial charge in [-0.25, -0.2) is 0 Å². The van der Waals surface area contributed by atoms with Crippen LogP contribution in [-0.4, -0.2) is 9.45 Å². The molecule has 0 unspecified atom stereocenters. The van der Waals surface area contributed by atoms with Gasteiger partial charge in [-0.2, -0.15) is 0 Å². The fourth-order valence-corrected chi connectivity index (χ4v) is 2.84. The Labute approximate surface area is 129 Å². The Hall–Kier alpha value is -1.13. The Balaban J connectivity index is 2.18. The third-order valence-electron chi connectivity index (χ3n) is 3.14. The van der Waals surface area contributed by atoms with Crippen LogP contribution in [0.5, 0.6) is 0 Å². The zero-order valence-electron chi connectivity index (χ0n) is 10.9. The van der Waals surface area contributed by atoms with Gasteiger partial charge in [-0.3, -0.25) is 4.90 Å². The highest BCUT2D eigenvalue weighted by Crippen LogP contribution is 2.24. The van der Waals surface area contributed by atoms with Crippen LogP contribution in [0.2, 0.25) is 0 Å². The van der Waals surface area contributed by atoms with Gasteiger partial charge >= 0.3 is 0 Å². The monoisotopic (exact) mass is 363 g/mol. The minimum absolute atomic E-state index is 0.262. The summed E-state index contributed by atoms with van der Waals surface area (Å²) in [6, 6.07) is 21.4. The first-order chi connectivity index (χ1) is 9.35. The number of nitrogens with zero attached hydrogens (tertiary/aromatic N) is 1. The Morgan fingerprint density at radius 2 is 1.58 bits per heavy atom. The number of alkyl halides is 1. The zero-order chi connectivity index (χ0) is 13.5. The topological polar surface area (TPSA) is 3.24 Å². The van der Waals surface area contributed by atoms with Gasteiger partial charge in [0.15, 0.2) is 0 Å². The maximum absolute atomic E-state index is 4.00. The molecular formula is C17H18IN. The Bertz CT molecular complexity index is 495. The number of hydrogen-bond acceptors (Lipinski definition) is 1. The molecular weight excluding hydrogens is 345 g/mol. The molecule has 0 fully saturated rings. The maximum Gasteiger partial charge on any atom is 0.0539 e. The van der Waals surface area contributed by atoms with Gasteiger partial charge in [0.1, 0.15) is 0 Å². The van der Waals surface area contributed by atoms with Crippen LogP contribution in [0.15, 0.2) is 73.3 Å². The van der Waals surface area contributed by atoms with Crippen molar-refractivity contribution in [3.05, 3.63) is 84.4 Å². The van der Waals surface area contributed by atoms with Crippen molar-refractivity contribution in [1.29, 1.82) is 0 Å². The molecule has 0 aromatic heterocycles. The smallest absolute Gasteiger partial charge is 0.0539 e. The van der Waals surface area contributed by atoms with Crippen molar-refractivity contribution in [2.75, 3.05) is 4.55 Å². The molecule has 0 aliphatic carbocycles. The van der Waals surface area contributed by atoms with Crippen LogP contribution in [0.4, 0.5) is 0 Å². The van der Waals surface area contributed by atoms with Crippen LogP contribution in [0.1, 0.15) is 17.2 Å². The van der Waals surface area contributed by atoms with Crippen molar-refractivity contribution in [2.24, 2.45) is 0 Å². The normalized spacial score (nSPS) is 12.3. The summed E-state index contributed by atoms with van der Waals surface area (Å²) in [5.41, 5.74) is 2.63. The third kappa shape index (κ3) is 3.91. The lowest BCUT2D eigenvalue weighted by atomic mass is 10.1. The second kappa shape index (κ2) is 7.46. The summed E-state index contributed by atoms with van der Waals surface area (Å²) in [5.74, 6) is 0. The maximum atomic E-state index is 4.00. The predicted molar refractivity (Wildman–Crippen MR) is 90.3 cm³/mol. The fourth-order valence-electron chi connectivity index (χ4n) is 2.18. The van der Waals surface area contributed by atoms with E-state index in [-0.39, 0.29) is 6.04 Å². The summed E-state index contributed by atoms with van der Waals surface area (Å²) >= 11 is 2.42. The third-order valence-corrected chi connectivity index (χ3v) is 4.02. The van der Waals surface area contributed by atoms with Gasteiger partial charge in [0.05, 0.1) is 10.6 Å². The van der Waals surface area contributed by atoms with Crippen LogP contribution in [0.3, 0.4) is 0 Å². The van der Waals surface area contributed by atoms with E-state index in [4.69, 9.17) is 0 Å². The summed E-state index contributed by atoms with van der Waals surface area (Å²) in [4.78, 5) is 2.41. The Morgan fingerprint density at radius 3 is 2.11 bits per heavy atom. The highest BCUT2D eigenvalue weighted by molar-refractivity contribution is 14.1. The van der Waals surface area contributed by atoms with Gasteiger partial charge < -0.3 is 0 Å². The summed E-state index contributed by atoms with van der Waals surface area (Å²) in [6.07, 6.45) is 2.02. The van der Waals surface area contributed by atoms with Gasteiger partial charge in [0, 0.05) is 6.54 Å². The molecule has 0 saturated carbocycles. The van der Waals surface area contributed by atoms with Crippen LogP contribution in [-0.2, 0) is 6.54 Å². The lowest BCUT2D eigenvalue weighted by Crippen LogP contribution is -2.25. The molecule has 19 heavy (non-hydrogen) atoms. The lowest BCUT2D eigenvalue weighted by molar-refractivity contribution is 0.271. The van der Waals surface area contributed by atoms with Crippen molar-refractivity contribution in [1.82, 2.24) is 4.90 Å². The van der Waals surface area contributed by atoms with E-state index in [1.165, 1.54) is 11.1 Å². The van der Waals surface area contributed by atoms with Gasteiger partial charge in [-0.15, -0.1) is 6.58 Å². The van der Waals surface area contributed by atoms with Gasteiger partial charge in [-0.1, -0.05) is 89.3 Å². The molecule has 2 aromatic rings. The standard InChI is InChI=1S/C17H18IN/c1-2-17(16-11-7-4-8-12-16)19(14-18)13-15-9-5-3-6-10-15/h2-12,17H,1,13-14H2/t17-/m0/s1. The van der Waals surface area contributed by atoms with Crippen molar-refractivity contribution < 1.29 is 0 Å². The molecule has 0 saturated heterocycles. The summed E-state index contributed by atoms with van der Waals surface area (Å²) in [6.45, 7) is 4.94. The largest absolute Gasteiger partial charge is 0.279 e.